The monoisotopic (exact) mass is 612 g/mol. The number of carboxylic acids is 1. The Labute approximate surface area is 248 Å². The van der Waals surface area contributed by atoms with E-state index < -0.39 is 34.1 Å². The Balaban J connectivity index is 1.52. The predicted molar refractivity (Wildman–Crippen MR) is 157 cm³/mol. The Hall–Kier alpha value is -3.75. The van der Waals surface area contributed by atoms with Gasteiger partial charge >= 0.3 is 5.97 Å². The average Bonchev–Trinajstić information content (AvgIpc) is 3.42. The number of benzene rings is 3. The van der Waals surface area contributed by atoms with Gasteiger partial charge in [0, 0.05) is 18.7 Å². The van der Waals surface area contributed by atoms with Crippen molar-refractivity contribution >= 4 is 27.8 Å². The standard InChI is InChI=1S/C29H32N4O7S2/c1-33-19-30-31-29(33)41-18-26(34)25(17-40-16-20-6-4-3-5-7-20)27(28(35)36)32-42(37,38)24-14-10-22(11-15-24)21-8-12-23(39-2)13-9-21/h3-15,19,25-27,32,34H,16-18H2,1-2H3,(H,35,36). The second-order valence-electron chi connectivity index (χ2n) is 9.46. The van der Waals surface area contributed by atoms with E-state index in [9.17, 15) is 23.4 Å². The number of aromatic nitrogens is 3. The molecule has 3 N–H and O–H groups in total. The first-order valence-electron chi connectivity index (χ1n) is 12.9. The zero-order chi connectivity index (χ0) is 30.1. The SMILES string of the molecule is COc1ccc(-c2ccc(S(=O)(=O)NC(C(=O)O)C(COCc3ccccc3)C(O)CSc3nncn3C)cc2)cc1. The molecule has 0 spiro atoms. The highest BCUT2D eigenvalue weighted by atomic mass is 32.2. The molecule has 0 saturated carbocycles. The van der Waals surface area contributed by atoms with E-state index in [1.807, 2.05) is 42.5 Å². The first-order valence-corrected chi connectivity index (χ1v) is 15.4. The van der Waals surface area contributed by atoms with Gasteiger partial charge in [0.2, 0.25) is 10.0 Å². The second kappa shape index (κ2) is 14.4. The summed E-state index contributed by atoms with van der Waals surface area (Å²) in [6.45, 7) is -0.0578. The van der Waals surface area contributed by atoms with Gasteiger partial charge in [-0.1, -0.05) is 66.4 Å². The van der Waals surface area contributed by atoms with Crippen molar-refractivity contribution in [3.05, 3.63) is 90.8 Å². The van der Waals surface area contributed by atoms with Crippen LogP contribution in [0, 0.1) is 5.92 Å². The van der Waals surface area contributed by atoms with Gasteiger partial charge in [-0.3, -0.25) is 4.79 Å². The van der Waals surface area contributed by atoms with Gasteiger partial charge in [0.1, 0.15) is 18.1 Å². The number of aliphatic carboxylic acids is 1. The number of nitrogens with zero attached hydrogens (tertiary/aromatic N) is 3. The minimum absolute atomic E-state index is 0.0357. The number of aryl methyl sites for hydroxylation is 1. The quantitative estimate of drug-likeness (QED) is 0.171. The number of thioether (sulfide) groups is 1. The van der Waals surface area contributed by atoms with Crippen molar-refractivity contribution in [2.45, 2.75) is 28.8 Å². The van der Waals surface area contributed by atoms with Crippen LogP contribution in [0.25, 0.3) is 11.1 Å². The maximum Gasteiger partial charge on any atom is 0.322 e. The fraction of sp³-hybridized carbons (Fsp3) is 0.276. The highest BCUT2D eigenvalue weighted by molar-refractivity contribution is 7.99. The number of carbonyl (C=O) groups is 1. The molecule has 3 aromatic carbocycles. The van der Waals surface area contributed by atoms with E-state index in [0.29, 0.717) is 10.9 Å². The Morgan fingerprint density at radius 2 is 1.67 bits per heavy atom. The van der Waals surface area contributed by atoms with E-state index in [2.05, 4.69) is 14.9 Å². The van der Waals surface area contributed by atoms with Gasteiger partial charge in [-0.2, -0.15) is 4.72 Å². The summed E-state index contributed by atoms with van der Waals surface area (Å²) in [7, 11) is -0.975. The lowest BCUT2D eigenvalue weighted by molar-refractivity contribution is -0.142. The molecule has 0 bridgehead atoms. The minimum Gasteiger partial charge on any atom is -0.497 e. The Morgan fingerprint density at radius 1 is 1.02 bits per heavy atom. The lowest BCUT2D eigenvalue weighted by Crippen LogP contribution is -2.51. The summed E-state index contributed by atoms with van der Waals surface area (Å²) in [4.78, 5) is 12.3. The van der Waals surface area contributed by atoms with Crippen LogP contribution < -0.4 is 9.46 Å². The molecule has 0 fully saturated rings. The number of sulfonamides is 1. The largest absolute Gasteiger partial charge is 0.497 e. The fourth-order valence-electron chi connectivity index (χ4n) is 4.17. The van der Waals surface area contributed by atoms with Gasteiger partial charge in [-0.05, 0) is 41.0 Å². The van der Waals surface area contributed by atoms with Crippen LogP contribution in [-0.4, -0.2) is 71.0 Å². The Morgan fingerprint density at radius 3 is 2.24 bits per heavy atom. The van der Waals surface area contributed by atoms with Crippen LogP contribution in [0.1, 0.15) is 5.56 Å². The minimum atomic E-state index is -4.29. The molecule has 1 heterocycles. The smallest absolute Gasteiger partial charge is 0.322 e. The van der Waals surface area contributed by atoms with Crippen LogP contribution in [-0.2, 0) is 33.2 Å². The van der Waals surface area contributed by atoms with Crippen LogP contribution in [0.4, 0.5) is 0 Å². The van der Waals surface area contributed by atoms with Crippen LogP contribution in [0.3, 0.4) is 0 Å². The molecule has 0 amide bonds. The van der Waals surface area contributed by atoms with Crippen molar-refractivity contribution in [3.63, 3.8) is 0 Å². The van der Waals surface area contributed by atoms with Crippen LogP contribution in [0.2, 0.25) is 0 Å². The topological polar surface area (TPSA) is 153 Å². The molecule has 11 nitrogen and oxygen atoms in total. The van der Waals surface area contributed by atoms with Crippen molar-refractivity contribution in [1.82, 2.24) is 19.5 Å². The summed E-state index contributed by atoms with van der Waals surface area (Å²) in [5.74, 6) is -1.83. The van der Waals surface area contributed by atoms with E-state index in [4.69, 9.17) is 9.47 Å². The molecular formula is C29H32N4O7S2. The van der Waals surface area contributed by atoms with E-state index in [1.165, 1.54) is 30.2 Å². The summed E-state index contributed by atoms with van der Waals surface area (Å²) in [5, 5.41) is 29.5. The molecule has 0 aliphatic rings. The third-order valence-corrected chi connectivity index (χ3v) is 9.13. The number of carboxylic acid groups (broad SMARTS) is 1. The highest BCUT2D eigenvalue weighted by Crippen LogP contribution is 2.25. The molecule has 42 heavy (non-hydrogen) atoms. The molecular weight excluding hydrogens is 580 g/mol. The Bertz CT molecular complexity index is 1550. The van der Waals surface area contributed by atoms with Crippen molar-refractivity contribution < 1.29 is 32.9 Å². The maximum absolute atomic E-state index is 13.3. The molecule has 1 aromatic heterocycles. The zero-order valence-corrected chi connectivity index (χ0v) is 24.7. The lowest BCUT2D eigenvalue weighted by Gasteiger charge is -2.28. The van der Waals surface area contributed by atoms with Crippen molar-refractivity contribution in [1.29, 1.82) is 0 Å². The van der Waals surface area contributed by atoms with E-state index in [1.54, 1.807) is 43.0 Å². The summed E-state index contributed by atoms with van der Waals surface area (Å²) in [5.41, 5.74) is 2.48. The number of ether oxygens (including phenoxy) is 2. The van der Waals surface area contributed by atoms with E-state index >= 15 is 0 Å². The van der Waals surface area contributed by atoms with Gasteiger partial charge in [-0.25, -0.2) is 8.42 Å². The molecule has 3 atom stereocenters. The molecule has 3 unspecified atom stereocenters. The number of aliphatic hydroxyl groups excluding tert-OH is 1. The molecule has 0 saturated heterocycles. The number of nitrogens with one attached hydrogen (secondary N) is 1. The zero-order valence-electron chi connectivity index (χ0n) is 23.0. The molecule has 4 aromatic rings. The fourth-order valence-corrected chi connectivity index (χ4v) is 6.33. The van der Waals surface area contributed by atoms with E-state index in [-0.39, 0.29) is 23.9 Å². The number of rotatable bonds is 15. The third kappa shape index (κ3) is 8.17. The van der Waals surface area contributed by atoms with Crippen LogP contribution in [0.15, 0.2) is 95.2 Å². The van der Waals surface area contributed by atoms with E-state index in [0.717, 1.165) is 16.7 Å². The summed E-state index contributed by atoms with van der Waals surface area (Å²) in [6.07, 6.45) is 0.243. The number of aliphatic hydroxyl groups is 1. The normalized spacial score (nSPS) is 13.8. The van der Waals surface area contributed by atoms with Gasteiger partial charge < -0.3 is 24.3 Å². The van der Waals surface area contributed by atoms with Crippen LogP contribution >= 0.6 is 11.8 Å². The lowest BCUT2D eigenvalue weighted by atomic mass is 9.96. The number of methoxy groups -OCH3 is 1. The maximum atomic E-state index is 13.3. The van der Waals surface area contributed by atoms with Crippen molar-refractivity contribution in [2.24, 2.45) is 13.0 Å². The number of hydrogen-bond donors (Lipinski definition) is 3. The second-order valence-corrected chi connectivity index (χ2v) is 12.2. The average molecular weight is 613 g/mol. The summed E-state index contributed by atoms with van der Waals surface area (Å²) < 4.78 is 41.6. The molecule has 222 valence electrons. The van der Waals surface area contributed by atoms with Gasteiger partial charge in [0.15, 0.2) is 5.16 Å². The molecule has 0 aliphatic heterocycles. The molecule has 0 aliphatic carbocycles. The summed E-state index contributed by atoms with van der Waals surface area (Å²) in [6, 6.07) is 20.9. The molecule has 13 heteroatoms. The molecule has 0 radical (unpaired) electrons. The first kappa shape index (κ1) is 31.2. The third-order valence-electron chi connectivity index (χ3n) is 6.53. The highest BCUT2D eigenvalue weighted by Gasteiger charge is 2.37. The van der Waals surface area contributed by atoms with Crippen molar-refractivity contribution in [2.75, 3.05) is 19.5 Å². The molecule has 4 rings (SSSR count). The van der Waals surface area contributed by atoms with Crippen LogP contribution in [0.5, 0.6) is 5.75 Å². The van der Waals surface area contributed by atoms with Gasteiger partial charge in [0.05, 0.1) is 31.3 Å². The summed E-state index contributed by atoms with van der Waals surface area (Å²) >= 11 is 1.17. The Kier molecular flexibility index (Phi) is 10.7. The van der Waals surface area contributed by atoms with Crippen molar-refractivity contribution in [3.8, 4) is 16.9 Å². The first-order chi connectivity index (χ1) is 20.2. The van der Waals surface area contributed by atoms with Gasteiger partial charge in [-0.15, -0.1) is 10.2 Å². The predicted octanol–water partition coefficient (Wildman–Crippen LogP) is 3.21. The van der Waals surface area contributed by atoms with Gasteiger partial charge in [0.25, 0.3) is 0 Å². The number of hydrogen-bond acceptors (Lipinski definition) is 9.